The van der Waals surface area contributed by atoms with Crippen LogP contribution in [0.15, 0.2) is 24.3 Å². The third kappa shape index (κ3) is 6.84. The van der Waals surface area contributed by atoms with E-state index in [1.807, 2.05) is 12.1 Å². The van der Waals surface area contributed by atoms with Crippen LogP contribution in [0.3, 0.4) is 0 Å². The first-order valence-corrected chi connectivity index (χ1v) is 6.43. The van der Waals surface area contributed by atoms with E-state index in [4.69, 9.17) is 9.84 Å². The minimum Gasteiger partial charge on any atom is -0.508 e. The van der Waals surface area contributed by atoms with E-state index in [1.54, 1.807) is 12.1 Å². The Morgan fingerprint density at radius 2 is 1.76 bits per heavy atom. The van der Waals surface area contributed by atoms with Crippen molar-refractivity contribution in [1.29, 1.82) is 0 Å². The number of hydrogen-bond acceptors (Lipinski definition) is 3. The maximum Gasteiger partial charge on any atom is 0.115 e. The Balaban J connectivity index is 1.95. The number of anilines is 1. The zero-order chi connectivity index (χ0) is 12.3. The van der Waals surface area contributed by atoms with E-state index in [0.29, 0.717) is 5.75 Å². The summed E-state index contributed by atoms with van der Waals surface area (Å²) in [6, 6.07) is 7.15. The average molecular weight is 237 g/mol. The first kappa shape index (κ1) is 13.8. The molecule has 1 aromatic carbocycles. The van der Waals surface area contributed by atoms with Crippen LogP contribution in [0.25, 0.3) is 0 Å². The Morgan fingerprint density at radius 3 is 2.47 bits per heavy atom. The van der Waals surface area contributed by atoms with Gasteiger partial charge in [0, 0.05) is 25.4 Å². The van der Waals surface area contributed by atoms with Crippen molar-refractivity contribution < 1.29 is 9.84 Å². The lowest BCUT2D eigenvalue weighted by atomic mass is 10.3. The first-order valence-electron chi connectivity index (χ1n) is 6.43. The number of hydrogen-bond donors (Lipinski definition) is 2. The molecule has 0 unspecified atom stereocenters. The van der Waals surface area contributed by atoms with Gasteiger partial charge in [0.05, 0.1) is 0 Å². The largest absolute Gasteiger partial charge is 0.508 e. The van der Waals surface area contributed by atoms with Gasteiger partial charge in [0.15, 0.2) is 0 Å². The van der Waals surface area contributed by atoms with Crippen LogP contribution < -0.4 is 5.32 Å². The summed E-state index contributed by atoms with van der Waals surface area (Å²) in [6.45, 7) is 4.87. The molecular weight excluding hydrogens is 214 g/mol. The van der Waals surface area contributed by atoms with Gasteiger partial charge in [-0.15, -0.1) is 0 Å². The molecule has 96 valence electrons. The quantitative estimate of drug-likeness (QED) is 0.511. The number of ether oxygens (including phenoxy) is 1. The minimum atomic E-state index is 0.305. The molecule has 0 saturated heterocycles. The molecular formula is C14H23NO2. The zero-order valence-electron chi connectivity index (χ0n) is 10.6. The second-order valence-electron chi connectivity index (χ2n) is 4.15. The van der Waals surface area contributed by atoms with Crippen molar-refractivity contribution in [2.24, 2.45) is 0 Å². The molecule has 3 nitrogen and oxygen atoms in total. The summed E-state index contributed by atoms with van der Waals surface area (Å²) in [7, 11) is 0. The van der Waals surface area contributed by atoms with E-state index >= 15 is 0 Å². The molecule has 0 spiro atoms. The number of nitrogens with one attached hydrogen (secondary N) is 1. The van der Waals surface area contributed by atoms with Crippen molar-refractivity contribution in [3.05, 3.63) is 24.3 Å². The molecule has 1 aromatic rings. The van der Waals surface area contributed by atoms with Crippen LogP contribution in [0.4, 0.5) is 5.69 Å². The molecule has 0 bridgehead atoms. The highest BCUT2D eigenvalue weighted by molar-refractivity contribution is 5.45. The number of rotatable bonds is 9. The van der Waals surface area contributed by atoms with Gasteiger partial charge >= 0.3 is 0 Å². The molecule has 0 heterocycles. The molecule has 1 rings (SSSR count). The van der Waals surface area contributed by atoms with Crippen molar-refractivity contribution in [3.8, 4) is 5.75 Å². The second kappa shape index (κ2) is 8.88. The zero-order valence-corrected chi connectivity index (χ0v) is 10.6. The summed E-state index contributed by atoms with van der Waals surface area (Å²) < 4.78 is 5.48. The van der Waals surface area contributed by atoms with Gasteiger partial charge in [0.2, 0.25) is 0 Å². The van der Waals surface area contributed by atoms with Crippen molar-refractivity contribution in [1.82, 2.24) is 0 Å². The van der Waals surface area contributed by atoms with Gasteiger partial charge in [-0.05, 0) is 43.5 Å². The third-order valence-electron chi connectivity index (χ3n) is 2.55. The molecule has 0 aliphatic heterocycles. The first-order chi connectivity index (χ1) is 8.33. The van der Waals surface area contributed by atoms with Crippen molar-refractivity contribution in [2.45, 2.75) is 32.6 Å². The monoisotopic (exact) mass is 237 g/mol. The molecule has 0 aliphatic carbocycles. The Bertz CT molecular complexity index is 285. The molecule has 17 heavy (non-hydrogen) atoms. The topological polar surface area (TPSA) is 41.5 Å². The molecule has 0 atom stereocenters. The molecule has 0 amide bonds. The minimum absolute atomic E-state index is 0.305. The maximum atomic E-state index is 9.12. The smallest absolute Gasteiger partial charge is 0.115 e. The van der Waals surface area contributed by atoms with Crippen molar-refractivity contribution >= 4 is 5.69 Å². The molecule has 0 fully saturated rings. The van der Waals surface area contributed by atoms with Gasteiger partial charge in [0.25, 0.3) is 0 Å². The number of aromatic hydroxyl groups is 1. The Kier molecular flexibility index (Phi) is 7.23. The van der Waals surface area contributed by atoms with Crippen molar-refractivity contribution in [2.75, 3.05) is 25.1 Å². The van der Waals surface area contributed by atoms with Crippen LogP contribution in [0.1, 0.15) is 32.6 Å². The van der Waals surface area contributed by atoms with Gasteiger partial charge in [-0.1, -0.05) is 13.3 Å². The highest BCUT2D eigenvalue weighted by atomic mass is 16.5. The van der Waals surface area contributed by atoms with E-state index in [2.05, 4.69) is 12.2 Å². The number of phenols is 1. The van der Waals surface area contributed by atoms with E-state index in [0.717, 1.165) is 44.7 Å². The lowest BCUT2D eigenvalue weighted by Crippen LogP contribution is -2.03. The van der Waals surface area contributed by atoms with Crippen LogP contribution in [0.2, 0.25) is 0 Å². The van der Waals surface area contributed by atoms with E-state index in [1.165, 1.54) is 6.42 Å². The van der Waals surface area contributed by atoms with Gasteiger partial charge in [-0.3, -0.25) is 0 Å². The predicted molar refractivity (Wildman–Crippen MR) is 71.6 cm³/mol. The lowest BCUT2D eigenvalue weighted by molar-refractivity contribution is 0.128. The molecule has 2 N–H and O–H groups in total. The lowest BCUT2D eigenvalue weighted by Gasteiger charge is -2.06. The standard InChI is InChI=1S/C14H23NO2/c1-2-3-11-17-12-5-4-10-15-13-6-8-14(16)9-7-13/h6-9,15-16H,2-5,10-12H2,1H3. The average Bonchev–Trinajstić information content (AvgIpc) is 2.35. The van der Waals surface area contributed by atoms with E-state index < -0.39 is 0 Å². The van der Waals surface area contributed by atoms with E-state index in [9.17, 15) is 0 Å². The number of benzene rings is 1. The molecule has 0 radical (unpaired) electrons. The summed E-state index contributed by atoms with van der Waals surface area (Å²) >= 11 is 0. The fourth-order valence-corrected chi connectivity index (χ4v) is 1.49. The Labute approximate surface area is 104 Å². The van der Waals surface area contributed by atoms with Gasteiger partial charge in [-0.2, -0.15) is 0 Å². The summed E-state index contributed by atoms with van der Waals surface area (Å²) in [5, 5.41) is 12.4. The third-order valence-corrected chi connectivity index (χ3v) is 2.55. The fourth-order valence-electron chi connectivity index (χ4n) is 1.49. The summed E-state index contributed by atoms with van der Waals surface area (Å²) in [5.41, 5.74) is 1.05. The molecule has 0 aliphatic rings. The maximum absolute atomic E-state index is 9.12. The SMILES string of the molecule is CCCCOCCCCNc1ccc(O)cc1. The van der Waals surface area contributed by atoms with Crippen LogP contribution in [0, 0.1) is 0 Å². The molecule has 0 aromatic heterocycles. The second-order valence-corrected chi connectivity index (χ2v) is 4.15. The van der Waals surface area contributed by atoms with Crippen LogP contribution >= 0.6 is 0 Å². The highest BCUT2D eigenvalue weighted by Gasteiger charge is 1.93. The Morgan fingerprint density at radius 1 is 1.06 bits per heavy atom. The summed E-state index contributed by atoms with van der Waals surface area (Å²) in [4.78, 5) is 0. The summed E-state index contributed by atoms with van der Waals surface area (Å²) in [6.07, 6.45) is 4.55. The van der Waals surface area contributed by atoms with Crippen LogP contribution in [-0.2, 0) is 4.74 Å². The molecule has 0 saturated carbocycles. The van der Waals surface area contributed by atoms with Gasteiger partial charge in [-0.25, -0.2) is 0 Å². The number of unbranched alkanes of at least 4 members (excludes halogenated alkanes) is 2. The van der Waals surface area contributed by atoms with Gasteiger partial charge in [0.1, 0.15) is 5.75 Å². The van der Waals surface area contributed by atoms with Crippen LogP contribution in [-0.4, -0.2) is 24.9 Å². The summed E-state index contributed by atoms with van der Waals surface area (Å²) in [5.74, 6) is 0.305. The fraction of sp³-hybridized carbons (Fsp3) is 0.571. The van der Waals surface area contributed by atoms with Crippen LogP contribution in [0.5, 0.6) is 5.75 Å². The van der Waals surface area contributed by atoms with Gasteiger partial charge < -0.3 is 15.2 Å². The van der Waals surface area contributed by atoms with Crippen molar-refractivity contribution in [3.63, 3.8) is 0 Å². The predicted octanol–water partition coefficient (Wildman–Crippen LogP) is 3.40. The molecule has 3 heteroatoms. The van der Waals surface area contributed by atoms with E-state index in [-0.39, 0.29) is 0 Å². The highest BCUT2D eigenvalue weighted by Crippen LogP contribution is 2.13. The normalized spacial score (nSPS) is 10.4. The number of phenolic OH excluding ortho intramolecular Hbond substituents is 1. The Hall–Kier alpha value is -1.22.